The smallest absolute Gasteiger partial charge is 0.173 e. The van der Waals surface area contributed by atoms with Crippen LogP contribution in [0.5, 0.6) is 0 Å². The summed E-state index contributed by atoms with van der Waals surface area (Å²) in [6.07, 6.45) is 5.47. The maximum atomic E-state index is 6.22. The molecule has 3 rings (SSSR count). The van der Waals surface area contributed by atoms with Crippen LogP contribution in [-0.2, 0) is 19.6 Å². The first-order chi connectivity index (χ1) is 13.0. The highest BCUT2D eigenvalue weighted by atomic mass is 79.9. The van der Waals surface area contributed by atoms with Gasteiger partial charge in [0.15, 0.2) is 5.11 Å². The fourth-order valence-corrected chi connectivity index (χ4v) is 3.45. The van der Waals surface area contributed by atoms with Gasteiger partial charge in [-0.15, -0.1) is 0 Å². The second-order valence-electron chi connectivity index (χ2n) is 6.06. The van der Waals surface area contributed by atoms with E-state index in [-0.39, 0.29) is 0 Å². The summed E-state index contributed by atoms with van der Waals surface area (Å²) in [5.41, 5.74) is 2.94. The Kier molecular flexibility index (Phi) is 6.51. The summed E-state index contributed by atoms with van der Waals surface area (Å²) in [6, 6.07) is 7.75. The molecule has 0 fully saturated rings. The average molecular weight is 468 g/mol. The molecule has 0 bridgehead atoms. The third-order valence-electron chi connectivity index (χ3n) is 4.11. The minimum atomic E-state index is 0.604. The number of thiocarbonyl (C=S) groups is 1. The van der Waals surface area contributed by atoms with E-state index in [9.17, 15) is 0 Å². The zero-order chi connectivity index (χ0) is 19.4. The predicted molar refractivity (Wildman–Crippen MR) is 116 cm³/mol. The fraction of sp³-hybridized carbons (Fsp3) is 0.278. The van der Waals surface area contributed by atoms with E-state index in [2.05, 4.69) is 38.4 Å². The Bertz CT molecular complexity index is 938. The molecule has 142 valence electrons. The first-order valence-corrected chi connectivity index (χ1v) is 10.0. The Hall–Kier alpha value is -1.90. The van der Waals surface area contributed by atoms with Gasteiger partial charge in [-0.25, -0.2) is 0 Å². The van der Waals surface area contributed by atoms with Gasteiger partial charge >= 0.3 is 0 Å². The number of hydrogen-bond acceptors (Lipinski definition) is 3. The Labute approximate surface area is 177 Å². The van der Waals surface area contributed by atoms with Crippen molar-refractivity contribution in [3.63, 3.8) is 0 Å². The monoisotopic (exact) mass is 466 g/mol. The van der Waals surface area contributed by atoms with Crippen LogP contribution in [0.25, 0.3) is 0 Å². The molecule has 1 aromatic carbocycles. The maximum absolute atomic E-state index is 6.22. The first kappa shape index (κ1) is 19.9. The molecule has 0 saturated carbocycles. The van der Waals surface area contributed by atoms with Crippen molar-refractivity contribution in [2.24, 2.45) is 0 Å². The highest BCUT2D eigenvalue weighted by Gasteiger charge is 2.13. The number of nitrogens with zero attached hydrogens (tertiary/aromatic N) is 5. The van der Waals surface area contributed by atoms with Crippen molar-refractivity contribution in [2.75, 3.05) is 12.4 Å². The van der Waals surface area contributed by atoms with Crippen LogP contribution in [0.1, 0.15) is 18.2 Å². The van der Waals surface area contributed by atoms with Gasteiger partial charge in [-0.2, -0.15) is 10.2 Å². The van der Waals surface area contributed by atoms with E-state index in [1.807, 2.05) is 58.0 Å². The minimum Gasteiger partial charge on any atom is -0.346 e. The van der Waals surface area contributed by atoms with Crippen LogP contribution in [0.3, 0.4) is 0 Å². The number of aryl methyl sites for hydroxylation is 1. The fourth-order valence-electron chi connectivity index (χ4n) is 2.65. The van der Waals surface area contributed by atoms with E-state index in [1.54, 1.807) is 6.20 Å². The molecular formula is C18H20BrClN6S. The lowest BCUT2D eigenvalue weighted by molar-refractivity contribution is 0.470. The molecule has 0 radical (unpaired) electrons. The average Bonchev–Trinajstić information content (AvgIpc) is 3.23. The molecule has 2 aromatic heterocycles. The van der Waals surface area contributed by atoms with Crippen molar-refractivity contribution >= 4 is 50.5 Å². The molecule has 0 aliphatic carbocycles. The number of anilines is 1. The SMILES string of the molecule is CCn1ncc(Br)c1CN(C)C(=S)Nc1cnn(Cc2ccccc2Cl)c1. The van der Waals surface area contributed by atoms with Gasteiger partial charge in [0.05, 0.1) is 41.3 Å². The van der Waals surface area contributed by atoms with E-state index in [0.717, 1.165) is 33.0 Å². The molecule has 6 nitrogen and oxygen atoms in total. The zero-order valence-corrected chi connectivity index (χ0v) is 18.2. The Morgan fingerprint density at radius 1 is 1.30 bits per heavy atom. The van der Waals surface area contributed by atoms with Crippen LogP contribution < -0.4 is 5.32 Å². The summed E-state index contributed by atoms with van der Waals surface area (Å²) >= 11 is 15.3. The van der Waals surface area contributed by atoms with Crippen LogP contribution in [0.4, 0.5) is 5.69 Å². The molecular weight excluding hydrogens is 448 g/mol. The highest BCUT2D eigenvalue weighted by molar-refractivity contribution is 9.10. The first-order valence-electron chi connectivity index (χ1n) is 8.46. The second-order valence-corrected chi connectivity index (χ2v) is 7.71. The van der Waals surface area contributed by atoms with Gasteiger partial charge in [0.1, 0.15) is 0 Å². The third-order valence-corrected chi connectivity index (χ3v) is 5.55. The van der Waals surface area contributed by atoms with Gasteiger partial charge in [0.25, 0.3) is 0 Å². The number of rotatable bonds is 6. The molecule has 3 aromatic rings. The number of benzene rings is 1. The normalized spacial score (nSPS) is 10.8. The van der Waals surface area contributed by atoms with Crippen molar-refractivity contribution in [3.8, 4) is 0 Å². The zero-order valence-electron chi connectivity index (χ0n) is 15.1. The lowest BCUT2D eigenvalue weighted by atomic mass is 10.2. The summed E-state index contributed by atoms with van der Waals surface area (Å²) in [7, 11) is 1.95. The molecule has 2 heterocycles. The summed E-state index contributed by atoms with van der Waals surface area (Å²) in [5.74, 6) is 0. The lowest BCUT2D eigenvalue weighted by Crippen LogP contribution is -2.31. The molecule has 9 heteroatoms. The Morgan fingerprint density at radius 3 is 2.81 bits per heavy atom. The highest BCUT2D eigenvalue weighted by Crippen LogP contribution is 2.19. The number of hydrogen-bond donors (Lipinski definition) is 1. The third kappa shape index (κ3) is 4.88. The quantitative estimate of drug-likeness (QED) is 0.545. The maximum Gasteiger partial charge on any atom is 0.173 e. The molecule has 0 spiro atoms. The largest absolute Gasteiger partial charge is 0.346 e. The van der Waals surface area contributed by atoms with E-state index in [4.69, 9.17) is 23.8 Å². The molecule has 1 N–H and O–H groups in total. The molecule has 0 aliphatic rings. The van der Waals surface area contributed by atoms with Gasteiger partial charge in [0.2, 0.25) is 0 Å². The van der Waals surface area contributed by atoms with Crippen molar-refractivity contribution in [2.45, 2.75) is 26.6 Å². The summed E-state index contributed by atoms with van der Waals surface area (Å²) in [4.78, 5) is 1.97. The molecule has 0 amide bonds. The van der Waals surface area contributed by atoms with Crippen LogP contribution in [0, 0.1) is 0 Å². The summed E-state index contributed by atoms with van der Waals surface area (Å²) < 4.78 is 4.76. The minimum absolute atomic E-state index is 0.604. The number of halogens is 2. The predicted octanol–water partition coefficient (Wildman–Crippen LogP) is 4.39. The van der Waals surface area contributed by atoms with Crippen molar-refractivity contribution in [1.82, 2.24) is 24.5 Å². The number of aromatic nitrogens is 4. The Morgan fingerprint density at radius 2 is 2.07 bits per heavy atom. The molecule has 0 saturated heterocycles. The van der Waals surface area contributed by atoms with Crippen molar-refractivity contribution in [1.29, 1.82) is 0 Å². The van der Waals surface area contributed by atoms with Crippen LogP contribution >= 0.6 is 39.7 Å². The van der Waals surface area contributed by atoms with Gasteiger partial charge in [-0.05, 0) is 46.7 Å². The molecule has 0 aliphatic heterocycles. The van der Waals surface area contributed by atoms with Gasteiger partial charge < -0.3 is 10.2 Å². The van der Waals surface area contributed by atoms with Crippen molar-refractivity contribution < 1.29 is 0 Å². The second kappa shape index (κ2) is 8.86. The summed E-state index contributed by atoms with van der Waals surface area (Å²) in [5, 5.41) is 13.3. The molecule has 27 heavy (non-hydrogen) atoms. The van der Waals surface area contributed by atoms with Crippen LogP contribution in [-0.4, -0.2) is 36.6 Å². The van der Waals surface area contributed by atoms with E-state index in [0.29, 0.717) is 18.2 Å². The summed E-state index contributed by atoms with van der Waals surface area (Å²) in [6.45, 7) is 4.12. The van der Waals surface area contributed by atoms with Gasteiger partial charge in [0, 0.05) is 24.8 Å². The van der Waals surface area contributed by atoms with Crippen LogP contribution in [0.2, 0.25) is 5.02 Å². The standard InChI is InChI=1S/C18H20BrClN6S/c1-3-26-17(15(19)9-22-26)12-24(2)18(27)23-14-8-21-25(11-14)10-13-6-4-5-7-16(13)20/h4-9,11H,3,10,12H2,1-2H3,(H,23,27). The molecule has 0 atom stereocenters. The van der Waals surface area contributed by atoms with Gasteiger partial charge in [-0.3, -0.25) is 9.36 Å². The van der Waals surface area contributed by atoms with Crippen molar-refractivity contribution in [3.05, 3.63) is 63.6 Å². The van der Waals surface area contributed by atoms with E-state index in [1.165, 1.54) is 0 Å². The lowest BCUT2D eigenvalue weighted by Gasteiger charge is -2.21. The Balaban J connectivity index is 1.62. The van der Waals surface area contributed by atoms with Crippen LogP contribution in [0.15, 0.2) is 47.3 Å². The molecule has 0 unspecified atom stereocenters. The van der Waals surface area contributed by atoms with E-state index < -0.39 is 0 Å². The topological polar surface area (TPSA) is 50.9 Å². The van der Waals surface area contributed by atoms with E-state index >= 15 is 0 Å². The number of nitrogens with one attached hydrogen (secondary N) is 1. The van der Waals surface area contributed by atoms with Gasteiger partial charge in [-0.1, -0.05) is 29.8 Å².